The molecule has 12 rings (SSSR count). The molecular weight excluding hydrogens is 761 g/mol. The summed E-state index contributed by atoms with van der Waals surface area (Å²) in [7, 11) is 0. The van der Waals surface area contributed by atoms with Gasteiger partial charge in [0.2, 0.25) is 0 Å². The van der Waals surface area contributed by atoms with Gasteiger partial charge >= 0.3 is 0 Å². The molecule has 1 heterocycles. The Balaban J connectivity index is 0.979. The summed E-state index contributed by atoms with van der Waals surface area (Å²) in [4.78, 5) is 10.5. The van der Waals surface area contributed by atoms with Crippen LogP contribution in [0.5, 0.6) is 0 Å². The van der Waals surface area contributed by atoms with E-state index in [1.807, 2.05) is 18.2 Å². The molecule has 1 aliphatic carbocycles. The Morgan fingerprint density at radius 1 is 0.302 bits per heavy atom. The van der Waals surface area contributed by atoms with Crippen LogP contribution in [0.4, 0.5) is 0 Å². The van der Waals surface area contributed by atoms with Crippen molar-refractivity contribution in [2.75, 3.05) is 0 Å². The molecule has 0 saturated heterocycles. The van der Waals surface area contributed by atoms with Crippen molar-refractivity contribution in [3.8, 4) is 78.4 Å². The molecule has 0 N–H and O–H groups in total. The molecule has 0 bridgehead atoms. The van der Waals surface area contributed by atoms with E-state index in [4.69, 9.17) is 9.97 Å². The zero-order chi connectivity index (χ0) is 42.1. The summed E-state index contributed by atoms with van der Waals surface area (Å²) in [5, 5.41) is 7.31. The van der Waals surface area contributed by atoms with E-state index in [9.17, 15) is 0 Å². The first-order valence-corrected chi connectivity index (χ1v) is 21.8. The van der Waals surface area contributed by atoms with Crippen molar-refractivity contribution in [3.05, 3.63) is 230 Å². The van der Waals surface area contributed by atoms with Crippen molar-refractivity contribution in [2.45, 2.75) is 19.3 Å². The number of rotatable bonds is 6. The summed E-state index contributed by atoms with van der Waals surface area (Å²) in [6, 6.07) is 79.1. The van der Waals surface area contributed by atoms with E-state index in [2.05, 4.69) is 214 Å². The van der Waals surface area contributed by atoms with Gasteiger partial charge in [0.15, 0.2) is 5.82 Å². The normalized spacial score (nSPS) is 12.7. The zero-order valence-electron chi connectivity index (χ0n) is 35.2. The lowest BCUT2D eigenvalue weighted by Crippen LogP contribution is -2.16. The van der Waals surface area contributed by atoms with Crippen LogP contribution in [0.25, 0.3) is 111 Å². The molecule has 0 spiro atoms. The Labute approximate surface area is 367 Å². The van der Waals surface area contributed by atoms with Gasteiger partial charge in [-0.05, 0) is 100 Å². The molecule has 10 aromatic carbocycles. The summed E-state index contributed by atoms with van der Waals surface area (Å²) in [6.45, 7) is 4.75. The lowest BCUT2D eigenvalue weighted by molar-refractivity contribution is 0.662. The molecule has 11 aromatic rings. The molecule has 63 heavy (non-hydrogen) atoms. The quantitative estimate of drug-likeness (QED) is 0.167. The second-order valence-electron chi connectivity index (χ2n) is 17.3. The van der Waals surface area contributed by atoms with Crippen LogP contribution in [-0.4, -0.2) is 9.97 Å². The second-order valence-corrected chi connectivity index (χ2v) is 17.3. The number of hydrogen-bond donors (Lipinski definition) is 0. The lowest BCUT2D eigenvalue weighted by atomic mass is 9.78. The van der Waals surface area contributed by atoms with Gasteiger partial charge in [-0.3, -0.25) is 0 Å². The van der Waals surface area contributed by atoms with E-state index >= 15 is 0 Å². The molecule has 0 amide bonds. The number of hydrogen-bond acceptors (Lipinski definition) is 2. The Hall–Kier alpha value is -7.94. The monoisotopic (exact) mass is 802 g/mol. The fourth-order valence-electron chi connectivity index (χ4n) is 10.3. The van der Waals surface area contributed by atoms with Gasteiger partial charge in [0.1, 0.15) is 0 Å². The van der Waals surface area contributed by atoms with Gasteiger partial charge in [-0.1, -0.05) is 220 Å². The van der Waals surface area contributed by atoms with E-state index in [1.165, 1.54) is 82.6 Å². The third kappa shape index (κ3) is 6.09. The van der Waals surface area contributed by atoms with Gasteiger partial charge in [0, 0.05) is 22.1 Å². The van der Waals surface area contributed by atoms with Crippen molar-refractivity contribution >= 4 is 32.3 Å². The zero-order valence-corrected chi connectivity index (χ0v) is 35.2. The maximum atomic E-state index is 5.29. The van der Waals surface area contributed by atoms with E-state index in [1.54, 1.807) is 0 Å². The van der Waals surface area contributed by atoms with Crippen LogP contribution in [0, 0.1) is 0 Å². The van der Waals surface area contributed by atoms with Crippen molar-refractivity contribution in [3.63, 3.8) is 0 Å². The largest absolute Gasteiger partial charge is 0.228 e. The van der Waals surface area contributed by atoms with E-state index in [0.717, 1.165) is 33.5 Å². The standard InChI is InChI=1S/C61H42N2/c1-61(2)56-26-13-12-23-52(56)55-25-14-24-54(59(55)61)51-34-33-49(45-19-8-9-20-46(45)51)50-35-36-53(48-22-11-10-21-47(48)50)58-38-57(62-60(63-58)42-16-4-3-5-17-42)41-30-27-40(28-31-41)44-32-29-39-15-6-7-18-43(39)37-44/h3-38H,1-2H3. The predicted octanol–water partition coefficient (Wildman–Crippen LogP) is 16.2. The van der Waals surface area contributed by atoms with Crippen LogP contribution in [0.15, 0.2) is 218 Å². The van der Waals surface area contributed by atoms with Gasteiger partial charge in [-0.2, -0.15) is 0 Å². The number of benzene rings is 10. The van der Waals surface area contributed by atoms with Crippen LogP contribution in [0.3, 0.4) is 0 Å². The highest BCUT2D eigenvalue weighted by atomic mass is 14.9. The summed E-state index contributed by atoms with van der Waals surface area (Å²) >= 11 is 0. The average Bonchev–Trinajstić information content (AvgIpc) is 3.59. The number of nitrogens with zero attached hydrogens (tertiary/aromatic N) is 2. The fraction of sp³-hybridized carbons (Fsp3) is 0.0492. The first-order valence-electron chi connectivity index (χ1n) is 21.8. The number of aromatic nitrogens is 2. The maximum absolute atomic E-state index is 5.29. The molecular formula is C61H42N2. The van der Waals surface area contributed by atoms with Crippen molar-refractivity contribution in [2.24, 2.45) is 0 Å². The predicted molar refractivity (Wildman–Crippen MR) is 265 cm³/mol. The van der Waals surface area contributed by atoms with Gasteiger partial charge in [-0.15, -0.1) is 0 Å². The van der Waals surface area contributed by atoms with Gasteiger partial charge < -0.3 is 0 Å². The maximum Gasteiger partial charge on any atom is 0.160 e. The summed E-state index contributed by atoms with van der Waals surface area (Å²) in [5.41, 5.74) is 17.6. The summed E-state index contributed by atoms with van der Waals surface area (Å²) < 4.78 is 0. The molecule has 1 aliphatic rings. The molecule has 0 atom stereocenters. The van der Waals surface area contributed by atoms with Gasteiger partial charge in [-0.25, -0.2) is 9.97 Å². The van der Waals surface area contributed by atoms with Crippen molar-refractivity contribution < 1.29 is 0 Å². The third-order valence-electron chi connectivity index (χ3n) is 13.3. The fourth-order valence-corrected chi connectivity index (χ4v) is 10.3. The topological polar surface area (TPSA) is 25.8 Å². The Morgan fingerprint density at radius 3 is 1.49 bits per heavy atom. The van der Waals surface area contributed by atoms with Crippen LogP contribution in [0.2, 0.25) is 0 Å². The van der Waals surface area contributed by atoms with Crippen LogP contribution in [-0.2, 0) is 5.41 Å². The highest BCUT2D eigenvalue weighted by Gasteiger charge is 2.37. The third-order valence-corrected chi connectivity index (χ3v) is 13.3. The van der Waals surface area contributed by atoms with E-state index < -0.39 is 0 Å². The average molecular weight is 803 g/mol. The molecule has 0 saturated carbocycles. The molecule has 0 unspecified atom stereocenters. The van der Waals surface area contributed by atoms with Crippen LogP contribution < -0.4 is 0 Å². The first-order chi connectivity index (χ1) is 31.0. The van der Waals surface area contributed by atoms with Crippen LogP contribution in [0.1, 0.15) is 25.0 Å². The second kappa shape index (κ2) is 14.6. The van der Waals surface area contributed by atoms with Crippen LogP contribution >= 0.6 is 0 Å². The SMILES string of the molecule is CC1(C)c2ccccc2-c2cccc(-c3ccc(-c4ccc(-c5cc(-c6ccc(-c7ccc8ccccc8c7)cc6)nc(-c6ccccc6)n5)c5ccccc45)c4ccccc34)c21. The molecule has 0 radical (unpaired) electrons. The minimum Gasteiger partial charge on any atom is -0.228 e. The molecule has 1 aromatic heterocycles. The van der Waals surface area contributed by atoms with Crippen molar-refractivity contribution in [1.29, 1.82) is 0 Å². The van der Waals surface area contributed by atoms with Gasteiger partial charge in [0.05, 0.1) is 11.4 Å². The first kappa shape index (κ1) is 36.9. The molecule has 2 nitrogen and oxygen atoms in total. The van der Waals surface area contributed by atoms with E-state index in [0.29, 0.717) is 5.82 Å². The molecule has 0 fully saturated rings. The highest BCUT2D eigenvalue weighted by Crippen LogP contribution is 2.53. The van der Waals surface area contributed by atoms with Gasteiger partial charge in [0.25, 0.3) is 0 Å². The Morgan fingerprint density at radius 2 is 0.794 bits per heavy atom. The molecule has 2 heteroatoms. The van der Waals surface area contributed by atoms with E-state index in [-0.39, 0.29) is 5.41 Å². The Bertz CT molecular complexity index is 3580. The lowest BCUT2D eigenvalue weighted by Gasteiger charge is -2.25. The minimum atomic E-state index is -0.114. The summed E-state index contributed by atoms with van der Waals surface area (Å²) in [5.74, 6) is 0.704. The van der Waals surface area contributed by atoms with Crippen molar-refractivity contribution in [1.82, 2.24) is 9.97 Å². The summed E-state index contributed by atoms with van der Waals surface area (Å²) in [6.07, 6.45) is 0. The smallest absolute Gasteiger partial charge is 0.160 e. The molecule has 0 aliphatic heterocycles. The molecule has 296 valence electrons. The highest BCUT2D eigenvalue weighted by molar-refractivity contribution is 6.12. The number of fused-ring (bicyclic) bond motifs is 6. The Kier molecular flexibility index (Phi) is 8.55. The minimum absolute atomic E-state index is 0.114.